The van der Waals surface area contributed by atoms with Crippen molar-refractivity contribution in [2.45, 2.75) is 19.0 Å². The molecule has 5 nitrogen and oxygen atoms in total. The highest BCUT2D eigenvalue weighted by molar-refractivity contribution is 5.78. The summed E-state index contributed by atoms with van der Waals surface area (Å²) in [6.45, 7) is 2.22. The first kappa shape index (κ1) is 14.8. The number of carbonyl (C=O) groups is 1. The molecule has 0 saturated carbocycles. The van der Waals surface area contributed by atoms with Gasteiger partial charge >= 0.3 is 0 Å². The van der Waals surface area contributed by atoms with Gasteiger partial charge in [-0.2, -0.15) is 0 Å². The van der Waals surface area contributed by atoms with Crippen LogP contribution < -0.4 is 10.5 Å². The molecule has 0 bridgehead atoms. The number of ether oxygens (including phenoxy) is 1. The summed E-state index contributed by atoms with van der Waals surface area (Å²) >= 11 is 0. The van der Waals surface area contributed by atoms with Crippen molar-refractivity contribution in [3.8, 4) is 5.75 Å². The number of nitrogens with zero attached hydrogens (tertiary/aromatic N) is 2. The Bertz CT molecular complexity index is 445. The Morgan fingerprint density at radius 1 is 1.40 bits per heavy atom. The van der Waals surface area contributed by atoms with E-state index in [1.807, 2.05) is 43.3 Å². The smallest absolute Gasteiger partial charge is 0.260 e. The Balaban J connectivity index is 1.80. The van der Waals surface area contributed by atoms with Crippen molar-refractivity contribution in [2.24, 2.45) is 5.73 Å². The number of hydrogen-bond donors (Lipinski definition) is 1. The van der Waals surface area contributed by atoms with Crippen molar-refractivity contribution >= 4 is 5.91 Å². The van der Waals surface area contributed by atoms with Gasteiger partial charge in [0.1, 0.15) is 5.75 Å². The normalized spacial score (nSPS) is 18.6. The van der Waals surface area contributed by atoms with Crippen molar-refractivity contribution in [2.75, 3.05) is 33.8 Å². The van der Waals surface area contributed by atoms with E-state index in [0.29, 0.717) is 18.3 Å². The van der Waals surface area contributed by atoms with Crippen molar-refractivity contribution in [3.63, 3.8) is 0 Å². The zero-order valence-electron chi connectivity index (χ0n) is 12.2. The van der Waals surface area contributed by atoms with Crippen LogP contribution in [0.25, 0.3) is 0 Å². The maximum Gasteiger partial charge on any atom is 0.260 e. The lowest BCUT2D eigenvalue weighted by atomic mass is 10.2. The highest BCUT2D eigenvalue weighted by atomic mass is 16.5. The fourth-order valence-corrected chi connectivity index (χ4v) is 2.35. The third-order valence-electron chi connectivity index (χ3n) is 3.77. The van der Waals surface area contributed by atoms with Gasteiger partial charge in [-0.05, 0) is 38.2 Å². The Morgan fingerprint density at radius 3 is 2.65 bits per heavy atom. The summed E-state index contributed by atoms with van der Waals surface area (Å²) < 4.78 is 5.53. The van der Waals surface area contributed by atoms with Gasteiger partial charge in [0.2, 0.25) is 0 Å². The molecule has 1 fully saturated rings. The van der Waals surface area contributed by atoms with Crippen LogP contribution in [0.4, 0.5) is 0 Å². The van der Waals surface area contributed by atoms with Crippen molar-refractivity contribution in [3.05, 3.63) is 29.8 Å². The maximum absolute atomic E-state index is 12.1. The number of amides is 1. The van der Waals surface area contributed by atoms with Crippen molar-refractivity contribution < 1.29 is 9.53 Å². The summed E-state index contributed by atoms with van der Waals surface area (Å²) in [5.74, 6) is 0.760. The Hall–Kier alpha value is -1.59. The lowest BCUT2D eigenvalue weighted by Gasteiger charge is -2.20. The quantitative estimate of drug-likeness (QED) is 0.860. The number of benzene rings is 1. The highest BCUT2D eigenvalue weighted by Gasteiger charge is 2.27. The summed E-state index contributed by atoms with van der Waals surface area (Å²) in [5, 5.41) is 0. The van der Waals surface area contributed by atoms with E-state index in [-0.39, 0.29) is 12.5 Å². The van der Waals surface area contributed by atoms with Crippen LogP contribution in [0, 0.1) is 0 Å². The van der Waals surface area contributed by atoms with Gasteiger partial charge < -0.3 is 20.3 Å². The minimum atomic E-state index is 0.0530. The SMILES string of the molecule is CN(C)C1CCN(C(=O)COc2ccc(CN)cc2)C1. The first-order valence-electron chi connectivity index (χ1n) is 6.96. The van der Waals surface area contributed by atoms with Gasteiger partial charge in [0.25, 0.3) is 5.91 Å². The minimum Gasteiger partial charge on any atom is -0.484 e. The second-order valence-corrected chi connectivity index (χ2v) is 5.38. The molecule has 1 amide bonds. The molecular weight excluding hydrogens is 254 g/mol. The van der Waals surface area contributed by atoms with Gasteiger partial charge in [0, 0.05) is 25.7 Å². The van der Waals surface area contributed by atoms with E-state index < -0.39 is 0 Å². The van der Waals surface area contributed by atoms with E-state index >= 15 is 0 Å². The number of likely N-dealkylation sites (N-methyl/N-ethyl adjacent to an activating group) is 1. The monoisotopic (exact) mass is 277 g/mol. The largest absolute Gasteiger partial charge is 0.484 e. The molecule has 1 saturated heterocycles. The average Bonchev–Trinajstić information content (AvgIpc) is 2.95. The predicted octanol–water partition coefficient (Wildman–Crippen LogP) is 0.687. The average molecular weight is 277 g/mol. The minimum absolute atomic E-state index is 0.0530. The van der Waals surface area contributed by atoms with Crippen LogP contribution in [0.3, 0.4) is 0 Å². The third kappa shape index (κ3) is 3.71. The first-order valence-corrected chi connectivity index (χ1v) is 6.96. The molecule has 1 atom stereocenters. The molecule has 1 aliphatic heterocycles. The van der Waals surface area contributed by atoms with Gasteiger partial charge in [0.05, 0.1) is 0 Å². The summed E-state index contributed by atoms with van der Waals surface area (Å²) in [6.07, 6.45) is 1.03. The molecule has 0 aromatic heterocycles. The van der Waals surface area contributed by atoms with Gasteiger partial charge in [-0.25, -0.2) is 0 Å². The van der Waals surface area contributed by atoms with E-state index in [0.717, 1.165) is 25.1 Å². The molecule has 2 N–H and O–H groups in total. The molecule has 0 radical (unpaired) electrons. The highest BCUT2D eigenvalue weighted by Crippen LogP contribution is 2.15. The second kappa shape index (κ2) is 6.72. The summed E-state index contributed by atoms with van der Waals surface area (Å²) in [6, 6.07) is 7.99. The molecule has 5 heteroatoms. The number of carbonyl (C=O) groups excluding carboxylic acids is 1. The van der Waals surface area contributed by atoms with Gasteiger partial charge in [0.15, 0.2) is 6.61 Å². The maximum atomic E-state index is 12.1. The number of hydrogen-bond acceptors (Lipinski definition) is 4. The van der Waals surface area contributed by atoms with Crippen LogP contribution >= 0.6 is 0 Å². The molecular formula is C15H23N3O2. The van der Waals surface area contributed by atoms with Crippen LogP contribution in [0.1, 0.15) is 12.0 Å². The lowest BCUT2D eigenvalue weighted by Crippen LogP contribution is -2.36. The molecule has 1 aliphatic rings. The third-order valence-corrected chi connectivity index (χ3v) is 3.77. The zero-order valence-corrected chi connectivity index (χ0v) is 12.2. The van der Waals surface area contributed by atoms with Gasteiger partial charge in [-0.1, -0.05) is 12.1 Å². The Kier molecular flexibility index (Phi) is 4.98. The fourth-order valence-electron chi connectivity index (χ4n) is 2.35. The molecule has 1 heterocycles. The number of rotatable bonds is 5. The molecule has 0 aliphatic carbocycles. The Morgan fingerprint density at radius 2 is 2.10 bits per heavy atom. The molecule has 1 unspecified atom stereocenters. The van der Waals surface area contributed by atoms with E-state index in [9.17, 15) is 4.79 Å². The predicted molar refractivity (Wildman–Crippen MR) is 78.5 cm³/mol. The molecule has 0 spiro atoms. The standard InChI is InChI=1S/C15H23N3O2/c1-17(2)13-7-8-18(10-13)15(19)11-20-14-5-3-12(9-16)4-6-14/h3-6,13H,7-11,16H2,1-2H3. The molecule has 110 valence electrons. The van der Waals surface area contributed by atoms with E-state index in [1.54, 1.807) is 0 Å². The van der Waals surface area contributed by atoms with Gasteiger partial charge in [-0.3, -0.25) is 4.79 Å². The molecule has 20 heavy (non-hydrogen) atoms. The fraction of sp³-hybridized carbons (Fsp3) is 0.533. The van der Waals surface area contributed by atoms with Crippen molar-refractivity contribution in [1.29, 1.82) is 0 Å². The Labute approximate surface area is 120 Å². The number of likely N-dealkylation sites (tertiary alicyclic amines) is 1. The van der Waals surface area contributed by atoms with Gasteiger partial charge in [-0.15, -0.1) is 0 Å². The van der Waals surface area contributed by atoms with E-state index in [1.165, 1.54) is 0 Å². The topological polar surface area (TPSA) is 58.8 Å². The summed E-state index contributed by atoms with van der Waals surface area (Å²) in [5.41, 5.74) is 6.59. The van der Waals surface area contributed by atoms with Crippen LogP contribution in [-0.2, 0) is 11.3 Å². The summed E-state index contributed by atoms with van der Waals surface area (Å²) in [4.78, 5) is 16.1. The number of nitrogens with two attached hydrogens (primary N) is 1. The van der Waals surface area contributed by atoms with E-state index in [4.69, 9.17) is 10.5 Å². The second-order valence-electron chi connectivity index (χ2n) is 5.38. The van der Waals surface area contributed by atoms with Crippen molar-refractivity contribution in [1.82, 2.24) is 9.80 Å². The van der Waals surface area contributed by atoms with E-state index in [2.05, 4.69) is 4.90 Å². The molecule has 1 aromatic rings. The molecule has 2 rings (SSSR count). The van der Waals surface area contributed by atoms with Crippen LogP contribution in [-0.4, -0.2) is 55.5 Å². The lowest BCUT2D eigenvalue weighted by molar-refractivity contribution is -0.132. The van der Waals surface area contributed by atoms with Crippen LogP contribution in [0.5, 0.6) is 5.75 Å². The first-order chi connectivity index (χ1) is 9.60. The zero-order chi connectivity index (χ0) is 14.5. The summed E-state index contributed by atoms with van der Waals surface area (Å²) in [7, 11) is 4.10. The molecule has 1 aromatic carbocycles. The van der Waals surface area contributed by atoms with Crippen LogP contribution in [0.15, 0.2) is 24.3 Å². The van der Waals surface area contributed by atoms with Crippen LogP contribution in [0.2, 0.25) is 0 Å².